The molecule has 0 unspecified atom stereocenters. The zero-order chi connectivity index (χ0) is 16.9. The van der Waals surface area contributed by atoms with Gasteiger partial charge in [-0.25, -0.2) is 4.39 Å². The first kappa shape index (κ1) is 16.7. The summed E-state index contributed by atoms with van der Waals surface area (Å²) in [5, 5.41) is 0. The molecule has 1 fully saturated rings. The minimum Gasteiger partial charge on any atom is -0.364 e. The number of likely N-dealkylation sites (tertiary alicyclic amines) is 1. The quantitative estimate of drug-likeness (QED) is 0.915. The molecule has 0 saturated carbocycles. The van der Waals surface area contributed by atoms with E-state index in [9.17, 15) is 9.18 Å². The van der Waals surface area contributed by atoms with Crippen LogP contribution in [0.3, 0.4) is 0 Å². The van der Waals surface area contributed by atoms with E-state index in [1.54, 1.807) is 17.0 Å². The third-order valence-electron chi connectivity index (χ3n) is 4.64. The van der Waals surface area contributed by atoms with Gasteiger partial charge >= 0.3 is 0 Å². The molecule has 24 heavy (non-hydrogen) atoms. The van der Waals surface area contributed by atoms with E-state index in [4.69, 9.17) is 0 Å². The van der Waals surface area contributed by atoms with Gasteiger partial charge in [0.2, 0.25) is 5.91 Å². The topological polar surface area (TPSA) is 39.3 Å². The van der Waals surface area contributed by atoms with Gasteiger partial charge in [-0.15, -0.1) is 0 Å². The Morgan fingerprint density at radius 3 is 2.79 bits per heavy atom. The summed E-state index contributed by atoms with van der Waals surface area (Å²) in [6.07, 6.45) is 4.93. The molecule has 1 N–H and O–H groups in total. The molecule has 1 aliphatic heterocycles. The van der Waals surface area contributed by atoms with Crippen molar-refractivity contribution < 1.29 is 9.18 Å². The first-order valence-corrected chi connectivity index (χ1v) is 8.49. The SMILES string of the molecule is CN(Cc1ccc[nH]1)C(=O)[C@H]1CCCCN1Cc1ccc(F)cc1. The number of H-pyrrole nitrogens is 1. The van der Waals surface area contributed by atoms with Crippen molar-refractivity contribution in [3.05, 3.63) is 59.7 Å². The summed E-state index contributed by atoms with van der Waals surface area (Å²) in [5.41, 5.74) is 2.08. The van der Waals surface area contributed by atoms with Crippen LogP contribution < -0.4 is 0 Å². The van der Waals surface area contributed by atoms with Crippen LogP contribution in [0.25, 0.3) is 0 Å². The summed E-state index contributed by atoms with van der Waals surface area (Å²) in [4.78, 5) is 20.0. The number of aromatic amines is 1. The maximum atomic E-state index is 13.1. The van der Waals surface area contributed by atoms with Gasteiger partial charge in [-0.2, -0.15) is 0 Å². The Kier molecular flexibility index (Phi) is 5.30. The summed E-state index contributed by atoms with van der Waals surface area (Å²) < 4.78 is 13.1. The van der Waals surface area contributed by atoms with Crippen LogP contribution in [-0.2, 0) is 17.9 Å². The van der Waals surface area contributed by atoms with E-state index in [2.05, 4.69) is 9.88 Å². The molecule has 2 aromatic rings. The van der Waals surface area contributed by atoms with Crippen LogP contribution in [0.2, 0.25) is 0 Å². The Hall–Kier alpha value is -2.14. The van der Waals surface area contributed by atoms with Crippen molar-refractivity contribution in [1.29, 1.82) is 0 Å². The van der Waals surface area contributed by atoms with Gasteiger partial charge in [0.25, 0.3) is 0 Å². The molecule has 1 aliphatic rings. The van der Waals surface area contributed by atoms with Crippen LogP contribution in [0, 0.1) is 5.82 Å². The third-order valence-corrected chi connectivity index (χ3v) is 4.64. The average Bonchev–Trinajstić information content (AvgIpc) is 3.10. The molecule has 4 nitrogen and oxygen atoms in total. The minimum atomic E-state index is -0.226. The van der Waals surface area contributed by atoms with Crippen molar-refractivity contribution in [2.45, 2.75) is 38.4 Å². The highest BCUT2D eigenvalue weighted by Gasteiger charge is 2.30. The number of hydrogen-bond acceptors (Lipinski definition) is 2. The number of amides is 1. The lowest BCUT2D eigenvalue weighted by Gasteiger charge is -2.36. The summed E-state index contributed by atoms with van der Waals surface area (Å²) in [6.45, 7) is 2.18. The number of halogens is 1. The zero-order valence-corrected chi connectivity index (χ0v) is 14.0. The van der Waals surface area contributed by atoms with Crippen LogP contribution >= 0.6 is 0 Å². The van der Waals surface area contributed by atoms with Gasteiger partial charge in [0.05, 0.1) is 12.6 Å². The number of carbonyl (C=O) groups excluding carboxylic acids is 1. The van der Waals surface area contributed by atoms with Crippen molar-refractivity contribution in [1.82, 2.24) is 14.8 Å². The lowest BCUT2D eigenvalue weighted by atomic mass is 10.00. The number of rotatable bonds is 5. The average molecular weight is 329 g/mol. The Morgan fingerprint density at radius 2 is 2.08 bits per heavy atom. The highest BCUT2D eigenvalue weighted by atomic mass is 19.1. The summed E-state index contributed by atoms with van der Waals surface area (Å²) in [7, 11) is 1.86. The zero-order valence-electron chi connectivity index (χ0n) is 14.0. The van der Waals surface area contributed by atoms with Crippen LogP contribution in [0.4, 0.5) is 4.39 Å². The highest BCUT2D eigenvalue weighted by molar-refractivity contribution is 5.81. The molecule has 1 amide bonds. The molecule has 0 bridgehead atoms. The van der Waals surface area contributed by atoms with Gasteiger partial charge in [-0.05, 0) is 49.2 Å². The fourth-order valence-corrected chi connectivity index (χ4v) is 3.34. The molecule has 0 spiro atoms. The first-order chi connectivity index (χ1) is 11.6. The second-order valence-electron chi connectivity index (χ2n) is 6.50. The molecule has 1 saturated heterocycles. The lowest BCUT2D eigenvalue weighted by molar-refractivity contribution is -0.137. The predicted octanol–water partition coefficient (Wildman–Crippen LogP) is 3.17. The fourth-order valence-electron chi connectivity index (χ4n) is 3.34. The molecule has 0 radical (unpaired) electrons. The molecular formula is C19H24FN3O. The monoisotopic (exact) mass is 329 g/mol. The molecule has 1 atom stereocenters. The Balaban J connectivity index is 1.66. The number of piperidine rings is 1. The van der Waals surface area contributed by atoms with Gasteiger partial charge < -0.3 is 9.88 Å². The number of aromatic nitrogens is 1. The van der Waals surface area contributed by atoms with E-state index in [0.29, 0.717) is 13.1 Å². The van der Waals surface area contributed by atoms with E-state index in [1.165, 1.54) is 12.1 Å². The highest BCUT2D eigenvalue weighted by Crippen LogP contribution is 2.22. The summed E-state index contributed by atoms with van der Waals surface area (Å²) >= 11 is 0. The van der Waals surface area contributed by atoms with Gasteiger partial charge in [0, 0.05) is 25.5 Å². The van der Waals surface area contributed by atoms with Crippen molar-refractivity contribution in [3.8, 4) is 0 Å². The first-order valence-electron chi connectivity index (χ1n) is 8.49. The largest absolute Gasteiger partial charge is 0.364 e. The number of hydrogen-bond donors (Lipinski definition) is 1. The van der Waals surface area contributed by atoms with E-state index >= 15 is 0 Å². The number of carbonyl (C=O) groups is 1. The van der Waals surface area contributed by atoms with Gasteiger partial charge in [0.1, 0.15) is 5.82 Å². The predicted molar refractivity (Wildman–Crippen MR) is 91.7 cm³/mol. The van der Waals surface area contributed by atoms with Crippen molar-refractivity contribution in [3.63, 3.8) is 0 Å². The standard InChI is InChI=1S/C19H24FN3O/c1-22(14-17-5-4-11-21-17)19(24)18-6-2-3-12-23(18)13-15-7-9-16(20)10-8-15/h4-5,7-11,18,21H,2-3,6,12-14H2,1H3/t18-/m1/s1. The maximum absolute atomic E-state index is 13.1. The van der Waals surface area contributed by atoms with Gasteiger partial charge in [-0.3, -0.25) is 9.69 Å². The number of likely N-dealkylation sites (N-methyl/N-ethyl adjacent to an activating group) is 1. The van der Waals surface area contributed by atoms with E-state index in [-0.39, 0.29) is 17.8 Å². The number of benzene rings is 1. The molecule has 128 valence electrons. The van der Waals surface area contributed by atoms with Gasteiger partial charge in [-0.1, -0.05) is 18.6 Å². The van der Waals surface area contributed by atoms with Crippen molar-refractivity contribution >= 4 is 5.91 Å². The normalized spacial score (nSPS) is 18.5. The molecular weight excluding hydrogens is 305 g/mol. The second kappa shape index (κ2) is 7.62. The molecule has 2 heterocycles. The smallest absolute Gasteiger partial charge is 0.240 e. The van der Waals surface area contributed by atoms with E-state index in [0.717, 1.165) is 37.1 Å². The molecule has 1 aromatic carbocycles. The molecule has 3 rings (SSSR count). The van der Waals surface area contributed by atoms with Crippen molar-refractivity contribution in [2.75, 3.05) is 13.6 Å². The maximum Gasteiger partial charge on any atom is 0.240 e. The fraction of sp³-hybridized carbons (Fsp3) is 0.421. The van der Waals surface area contributed by atoms with E-state index in [1.807, 2.05) is 25.4 Å². The summed E-state index contributed by atoms with van der Waals surface area (Å²) in [6, 6.07) is 10.4. The molecule has 1 aromatic heterocycles. The minimum absolute atomic E-state index is 0.0937. The number of nitrogens with zero attached hydrogens (tertiary/aromatic N) is 2. The second-order valence-corrected chi connectivity index (χ2v) is 6.50. The Morgan fingerprint density at radius 1 is 1.29 bits per heavy atom. The van der Waals surface area contributed by atoms with Crippen LogP contribution in [0.1, 0.15) is 30.5 Å². The summed E-state index contributed by atoms with van der Waals surface area (Å²) in [5.74, 6) is -0.0675. The van der Waals surface area contributed by atoms with Crippen molar-refractivity contribution in [2.24, 2.45) is 0 Å². The van der Waals surface area contributed by atoms with Gasteiger partial charge in [0.15, 0.2) is 0 Å². The van der Waals surface area contributed by atoms with E-state index < -0.39 is 0 Å². The molecule has 5 heteroatoms. The Labute approximate surface area is 142 Å². The number of nitrogens with one attached hydrogen (secondary N) is 1. The van der Waals surface area contributed by atoms with Crippen LogP contribution in [0.15, 0.2) is 42.6 Å². The lowest BCUT2D eigenvalue weighted by Crippen LogP contribution is -2.49. The third kappa shape index (κ3) is 4.03. The molecule has 0 aliphatic carbocycles. The Bertz CT molecular complexity index is 654. The van der Waals surface area contributed by atoms with Crippen LogP contribution in [-0.4, -0.2) is 40.3 Å². The van der Waals surface area contributed by atoms with Crippen LogP contribution in [0.5, 0.6) is 0 Å².